The van der Waals surface area contributed by atoms with Gasteiger partial charge in [0, 0.05) is 25.8 Å². The van der Waals surface area contributed by atoms with Crippen molar-refractivity contribution < 1.29 is 9.18 Å². The summed E-state index contributed by atoms with van der Waals surface area (Å²) >= 11 is 0. The van der Waals surface area contributed by atoms with E-state index in [0.717, 1.165) is 6.20 Å². The van der Waals surface area contributed by atoms with Crippen LogP contribution in [0.4, 0.5) is 4.39 Å². The van der Waals surface area contributed by atoms with E-state index in [1.165, 1.54) is 17.2 Å². The zero-order valence-electron chi connectivity index (χ0n) is 9.48. The number of amides is 1. The molecule has 0 aromatic carbocycles. The zero-order chi connectivity index (χ0) is 12.1. The average molecular weight is 225 g/mol. The number of pyridine rings is 1. The molecule has 0 bridgehead atoms. The van der Waals surface area contributed by atoms with Crippen molar-refractivity contribution in [2.45, 2.75) is 19.4 Å². The molecule has 1 aromatic rings. The SMILES string of the molecule is CC(N)CCN(C)C(=O)c1ccncc1F. The monoisotopic (exact) mass is 225 g/mol. The van der Waals surface area contributed by atoms with Gasteiger partial charge in [0.25, 0.3) is 5.91 Å². The van der Waals surface area contributed by atoms with E-state index in [-0.39, 0.29) is 17.5 Å². The third kappa shape index (κ3) is 3.27. The molecule has 0 fully saturated rings. The van der Waals surface area contributed by atoms with E-state index in [9.17, 15) is 9.18 Å². The molecule has 2 N–H and O–H groups in total. The fourth-order valence-electron chi connectivity index (χ4n) is 1.25. The van der Waals surface area contributed by atoms with Gasteiger partial charge in [-0.15, -0.1) is 0 Å². The van der Waals surface area contributed by atoms with Gasteiger partial charge in [0.05, 0.1) is 11.8 Å². The van der Waals surface area contributed by atoms with E-state index < -0.39 is 5.82 Å². The third-order valence-corrected chi connectivity index (χ3v) is 2.27. The van der Waals surface area contributed by atoms with Gasteiger partial charge in [-0.2, -0.15) is 0 Å². The molecule has 88 valence electrons. The largest absolute Gasteiger partial charge is 0.342 e. The summed E-state index contributed by atoms with van der Waals surface area (Å²) in [6.45, 7) is 2.38. The summed E-state index contributed by atoms with van der Waals surface area (Å²) in [6, 6.07) is 1.40. The molecule has 1 amide bonds. The van der Waals surface area contributed by atoms with E-state index in [1.807, 2.05) is 6.92 Å². The molecule has 0 saturated heterocycles. The predicted molar refractivity (Wildman–Crippen MR) is 59.4 cm³/mol. The van der Waals surface area contributed by atoms with Crippen molar-refractivity contribution >= 4 is 5.91 Å². The number of nitrogens with two attached hydrogens (primary N) is 1. The average Bonchev–Trinajstić information content (AvgIpc) is 2.25. The first-order valence-electron chi connectivity index (χ1n) is 5.13. The summed E-state index contributed by atoms with van der Waals surface area (Å²) in [7, 11) is 1.63. The molecule has 5 heteroatoms. The maximum absolute atomic E-state index is 13.3. The molecule has 0 radical (unpaired) electrons. The quantitative estimate of drug-likeness (QED) is 0.832. The van der Waals surface area contributed by atoms with Crippen molar-refractivity contribution in [2.75, 3.05) is 13.6 Å². The van der Waals surface area contributed by atoms with Crippen molar-refractivity contribution in [2.24, 2.45) is 5.73 Å². The molecule has 0 aliphatic heterocycles. The lowest BCUT2D eigenvalue weighted by atomic mass is 10.2. The minimum Gasteiger partial charge on any atom is -0.342 e. The lowest BCUT2D eigenvalue weighted by Gasteiger charge is -2.18. The summed E-state index contributed by atoms with van der Waals surface area (Å²) in [5.74, 6) is -0.944. The molecule has 16 heavy (non-hydrogen) atoms. The number of carbonyl (C=O) groups is 1. The van der Waals surface area contributed by atoms with E-state index in [2.05, 4.69) is 4.98 Å². The molecule has 0 saturated carbocycles. The molecule has 4 nitrogen and oxygen atoms in total. The standard InChI is InChI=1S/C11H16FN3O/c1-8(13)4-6-15(2)11(16)9-3-5-14-7-10(9)12/h3,5,7-8H,4,6,13H2,1-2H3. The van der Waals surface area contributed by atoms with Crippen LogP contribution in [-0.4, -0.2) is 35.4 Å². The molecule has 0 aliphatic carbocycles. The minimum atomic E-state index is -0.597. The Bertz CT molecular complexity index is 368. The first kappa shape index (κ1) is 12.6. The molecular weight excluding hydrogens is 209 g/mol. The van der Waals surface area contributed by atoms with E-state index in [1.54, 1.807) is 7.05 Å². The summed E-state index contributed by atoms with van der Waals surface area (Å²) in [4.78, 5) is 16.9. The molecule has 1 heterocycles. The van der Waals surface area contributed by atoms with Crippen LogP contribution in [-0.2, 0) is 0 Å². The number of aromatic nitrogens is 1. The van der Waals surface area contributed by atoms with Crippen molar-refractivity contribution in [1.82, 2.24) is 9.88 Å². The smallest absolute Gasteiger partial charge is 0.256 e. The second kappa shape index (κ2) is 5.55. The molecular formula is C11H16FN3O. The van der Waals surface area contributed by atoms with Crippen LogP contribution in [0, 0.1) is 5.82 Å². The summed E-state index contributed by atoms with van der Waals surface area (Å²) in [5, 5.41) is 0. The fraction of sp³-hybridized carbons (Fsp3) is 0.455. The van der Waals surface area contributed by atoms with Gasteiger partial charge >= 0.3 is 0 Å². The Balaban J connectivity index is 2.67. The third-order valence-electron chi connectivity index (χ3n) is 2.27. The topological polar surface area (TPSA) is 59.2 Å². The second-order valence-electron chi connectivity index (χ2n) is 3.85. The van der Waals surface area contributed by atoms with Crippen molar-refractivity contribution in [3.05, 3.63) is 29.8 Å². The Morgan fingerprint density at radius 2 is 2.38 bits per heavy atom. The Morgan fingerprint density at radius 3 is 2.94 bits per heavy atom. The number of rotatable bonds is 4. The van der Waals surface area contributed by atoms with Crippen molar-refractivity contribution in [3.63, 3.8) is 0 Å². The minimum absolute atomic E-state index is 0.0255. The highest BCUT2D eigenvalue weighted by Crippen LogP contribution is 2.08. The highest BCUT2D eigenvalue weighted by atomic mass is 19.1. The highest BCUT2D eigenvalue weighted by Gasteiger charge is 2.15. The zero-order valence-corrected chi connectivity index (χ0v) is 9.48. The first-order chi connectivity index (χ1) is 7.52. The maximum Gasteiger partial charge on any atom is 0.256 e. The van der Waals surface area contributed by atoms with Crippen LogP contribution >= 0.6 is 0 Å². The van der Waals surface area contributed by atoms with Gasteiger partial charge in [-0.1, -0.05) is 0 Å². The molecule has 1 unspecified atom stereocenters. The van der Waals surface area contributed by atoms with Gasteiger partial charge in [0.15, 0.2) is 5.82 Å². The van der Waals surface area contributed by atoms with Crippen molar-refractivity contribution in [3.8, 4) is 0 Å². The van der Waals surface area contributed by atoms with Crippen LogP contribution in [0.2, 0.25) is 0 Å². The number of carbonyl (C=O) groups excluding carboxylic acids is 1. The second-order valence-corrected chi connectivity index (χ2v) is 3.85. The number of halogens is 1. The summed E-state index contributed by atoms with van der Waals surface area (Å²) in [6.07, 6.45) is 3.12. The van der Waals surface area contributed by atoms with Crippen LogP contribution in [0.5, 0.6) is 0 Å². The molecule has 0 spiro atoms. The van der Waals surface area contributed by atoms with Crippen LogP contribution in [0.3, 0.4) is 0 Å². The van der Waals surface area contributed by atoms with Crippen LogP contribution in [0.1, 0.15) is 23.7 Å². The van der Waals surface area contributed by atoms with E-state index in [0.29, 0.717) is 13.0 Å². The summed E-state index contributed by atoms with van der Waals surface area (Å²) in [5.41, 5.74) is 5.63. The normalized spacial score (nSPS) is 12.2. The van der Waals surface area contributed by atoms with Crippen LogP contribution in [0.25, 0.3) is 0 Å². The number of hydrogen-bond donors (Lipinski definition) is 1. The Labute approximate surface area is 94.3 Å². The Morgan fingerprint density at radius 1 is 1.69 bits per heavy atom. The van der Waals surface area contributed by atoms with E-state index in [4.69, 9.17) is 5.73 Å². The number of nitrogens with zero attached hydrogens (tertiary/aromatic N) is 2. The number of hydrogen-bond acceptors (Lipinski definition) is 3. The maximum atomic E-state index is 13.3. The lowest BCUT2D eigenvalue weighted by molar-refractivity contribution is 0.0787. The highest BCUT2D eigenvalue weighted by molar-refractivity contribution is 5.94. The molecule has 1 atom stereocenters. The van der Waals surface area contributed by atoms with Gasteiger partial charge in [0.1, 0.15) is 0 Å². The van der Waals surface area contributed by atoms with Gasteiger partial charge < -0.3 is 10.6 Å². The van der Waals surface area contributed by atoms with Crippen LogP contribution < -0.4 is 5.73 Å². The Kier molecular flexibility index (Phi) is 4.37. The predicted octanol–water partition coefficient (Wildman–Crippen LogP) is 1.03. The molecule has 0 aliphatic rings. The lowest BCUT2D eigenvalue weighted by Crippen LogP contribution is -2.31. The van der Waals surface area contributed by atoms with E-state index >= 15 is 0 Å². The first-order valence-corrected chi connectivity index (χ1v) is 5.13. The summed E-state index contributed by atoms with van der Waals surface area (Å²) < 4.78 is 13.3. The molecule has 1 aromatic heterocycles. The van der Waals surface area contributed by atoms with Gasteiger partial charge in [-0.3, -0.25) is 9.78 Å². The van der Waals surface area contributed by atoms with Crippen LogP contribution in [0.15, 0.2) is 18.5 Å². The van der Waals surface area contributed by atoms with Gasteiger partial charge in [-0.05, 0) is 19.4 Å². The Hall–Kier alpha value is -1.49. The van der Waals surface area contributed by atoms with Gasteiger partial charge in [-0.25, -0.2) is 4.39 Å². The molecule has 1 rings (SSSR count). The van der Waals surface area contributed by atoms with Gasteiger partial charge in [0.2, 0.25) is 0 Å². The fourth-order valence-corrected chi connectivity index (χ4v) is 1.25. The van der Waals surface area contributed by atoms with Crippen molar-refractivity contribution in [1.29, 1.82) is 0 Å².